The van der Waals surface area contributed by atoms with Gasteiger partial charge in [0.25, 0.3) is 11.6 Å². The maximum absolute atomic E-state index is 13.0. The highest BCUT2D eigenvalue weighted by Crippen LogP contribution is 2.30. The molecule has 3 aromatic rings. The number of piperazine rings is 1. The molecular formula is C24H24N4O6. The Hall–Kier alpha value is -4.18. The van der Waals surface area contributed by atoms with Gasteiger partial charge in [0.1, 0.15) is 5.76 Å². The smallest absolute Gasteiger partial charge is 0.337 e. The van der Waals surface area contributed by atoms with Crippen LogP contribution in [0.25, 0.3) is 11.3 Å². The number of anilines is 2. The number of furan rings is 1. The van der Waals surface area contributed by atoms with E-state index in [2.05, 4.69) is 22.2 Å². The number of methoxy groups -OCH3 is 1. The van der Waals surface area contributed by atoms with Gasteiger partial charge in [0.2, 0.25) is 0 Å². The topological polar surface area (TPSA) is 118 Å². The fourth-order valence-corrected chi connectivity index (χ4v) is 3.78. The van der Waals surface area contributed by atoms with Crippen LogP contribution in [0.3, 0.4) is 0 Å². The molecule has 0 saturated carbocycles. The predicted molar refractivity (Wildman–Crippen MR) is 126 cm³/mol. The third-order valence-electron chi connectivity index (χ3n) is 5.68. The van der Waals surface area contributed by atoms with E-state index in [0.717, 1.165) is 31.9 Å². The van der Waals surface area contributed by atoms with Crippen molar-refractivity contribution in [2.24, 2.45) is 0 Å². The largest absolute Gasteiger partial charge is 0.465 e. The summed E-state index contributed by atoms with van der Waals surface area (Å²) in [5.41, 5.74) is 1.98. The molecule has 0 aliphatic carbocycles. The molecule has 1 aliphatic heterocycles. The summed E-state index contributed by atoms with van der Waals surface area (Å²) in [5, 5.41) is 13.9. The van der Waals surface area contributed by atoms with Gasteiger partial charge in [-0.05, 0) is 37.4 Å². The van der Waals surface area contributed by atoms with Crippen molar-refractivity contribution < 1.29 is 23.7 Å². The Morgan fingerprint density at radius 1 is 1.06 bits per heavy atom. The molecule has 34 heavy (non-hydrogen) atoms. The van der Waals surface area contributed by atoms with E-state index in [1.54, 1.807) is 36.4 Å². The van der Waals surface area contributed by atoms with Crippen LogP contribution in [0.1, 0.15) is 20.9 Å². The molecule has 2 heterocycles. The number of carbonyl (C=O) groups excluding carboxylic acids is 2. The summed E-state index contributed by atoms with van der Waals surface area (Å²) >= 11 is 0. The Kier molecular flexibility index (Phi) is 6.60. The molecule has 1 amide bonds. The summed E-state index contributed by atoms with van der Waals surface area (Å²) in [6.45, 7) is 3.29. The lowest BCUT2D eigenvalue weighted by Crippen LogP contribution is -2.44. The molecule has 10 nitrogen and oxygen atoms in total. The molecule has 0 unspecified atom stereocenters. The van der Waals surface area contributed by atoms with Crippen molar-refractivity contribution in [3.63, 3.8) is 0 Å². The van der Waals surface area contributed by atoms with Gasteiger partial charge in [-0.2, -0.15) is 0 Å². The maximum atomic E-state index is 13.0. The number of nitro groups is 1. The lowest BCUT2D eigenvalue weighted by atomic mass is 10.1. The number of nitrogens with one attached hydrogen (secondary N) is 1. The molecule has 176 valence electrons. The average molecular weight is 464 g/mol. The number of likely N-dealkylation sites (N-methyl/N-ethyl adjacent to an activating group) is 1. The molecule has 1 N–H and O–H groups in total. The zero-order valence-corrected chi connectivity index (χ0v) is 18.8. The number of amides is 1. The van der Waals surface area contributed by atoms with E-state index in [4.69, 9.17) is 9.15 Å². The lowest BCUT2D eigenvalue weighted by molar-refractivity contribution is -0.384. The summed E-state index contributed by atoms with van der Waals surface area (Å²) in [6.07, 6.45) is 0. The Labute approximate surface area is 195 Å². The van der Waals surface area contributed by atoms with Crippen molar-refractivity contribution >= 4 is 28.9 Å². The van der Waals surface area contributed by atoms with Crippen molar-refractivity contribution in [3.8, 4) is 11.3 Å². The van der Waals surface area contributed by atoms with E-state index in [9.17, 15) is 19.7 Å². The number of hydrogen-bond donors (Lipinski definition) is 1. The van der Waals surface area contributed by atoms with Crippen LogP contribution in [0.5, 0.6) is 0 Å². The minimum Gasteiger partial charge on any atom is -0.465 e. The van der Waals surface area contributed by atoms with Crippen LogP contribution in [-0.2, 0) is 4.74 Å². The lowest BCUT2D eigenvalue weighted by Gasteiger charge is -2.35. The number of esters is 1. The number of hydrogen-bond acceptors (Lipinski definition) is 8. The normalized spacial score (nSPS) is 14.0. The minimum absolute atomic E-state index is 0.0364. The molecule has 1 aliphatic rings. The van der Waals surface area contributed by atoms with Crippen LogP contribution < -0.4 is 10.2 Å². The summed E-state index contributed by atoms with van der Waals surface area (Å²) < 4.78 is 10.5. The standard InChI is InChI=1S/C24H24N4O6/c1-26-10-12-27(13-11-26)20-7-6-17(24(30)33-2)15-19(20)25-23(29)22-9-8-21(34-22)16-4-3-5-18(14-16)28(31)32/h3-9,14-15H,10-13H2,1-2H3,(H,25,29). The monoisotopic (exact) mass is 464 g/mol. The number of rotatable bonds is 6. The van der Waals surface area contributed by atoms with E-state index >= 15 is 0 Å². The van der Waals surface area contributed by atoms with Crippen molar-refractivity contribution in [3.05, 3.63) is 76.0 Å². The Morgan fingerprint density at radius 2 is 1.82 bits per heavy atom. The first-order valence-corrected chi connectivity index (χ1v) is 10.7. The molecule has 10 heteroatoms. The average Bonchev–Trinajstić information content (AvgIpc) is 3.35. The molecule has 0 spiro atoms. The molecule has 1 fully saturated rings. The van der Waals surface area contributed by atoms with Crippen LogP contribution in [0.2, 0.25) is 0 Å². The van der Waals surface area contributed by atoms with Gasteiger partial charge >= 0.3 is 5.97 Å². The number of non-ortho nitro benzene ring substituents is 1. The van der Waals surface area contributed by atoms with Gasteiger partial charge in [0, 0.05) is 43.9 Å². The van der Waals surface area contributed by atoms with E-state index in [0.29, 0.717) is 22.6 Å². The van der Waals surface area contributed by atoms with Gasteiger partial charge in [0.05, 0.1) is 29.0 Å². The molecule has 0 atom stereocenters. The summed E-state index contributed by atoms with van der Waals surface area (Å²) in [6, 6.07) is 14.1. The van der Waals surface area contributed by atoms with Gasteiger partial charge in [-0.25, -0.2) is 4.79 Å². The molecule has 4 rings (SSSR count). The summed E-state index contributed by atoms with van der Waals surface area (Å²) in [7, 11) is 3.35. The van der Waals surface area contributed by atoms with Crippen molar-refractivity contribution in [2.75, 3.05) is 50.6 Å². The SMILES string of the molecule is COC(=O)c1ccc(N2CCN(C)CC2)c(NC(=O)c2ccc(-c3cccc([N+](=O)[O-])c3)o2)c1. The number of ether oxygens (including phenoxy) is 1. The third kappa shape index (κ3) is 4.91. The van der Waals surface area contributed by atoms with E-state index in [1.165, 1.54) is 25.3 Å². The van der Waals surface area contributed by atoms with Crippen LogP contribution in [0.15, 0.2) is 59.0 Å². The summed E-state index contributed by atoms with van der Waals surface area (Å²) in [5.74, 6) is -0.647. The predicted octanol–water partition coefficient (Wildman–Crippen LogP) is 3.65. The van der Waals surface area contributed by atoms with Crippen LogP contribution in [0.4, 0.5) is 17.1 Å². The van der Waals surface area contributed by atoms with Crippen LogP contribution in [-0.4, -0.2) is 62.0 Å². The van der Waals surface area contributed by atoms with Gasteiger partial charge in [-0.15, -0.1) is 0 Å². The summed E-state index contributed by atoms with van der Waals surface area (Å²) in [4.78, 5) is 40.0. The highest BCUT2D eigenvalue weighted by molar-refractivity contribution is 6.05. The van der Waals surface area contributed by atoms with E-state index in [-0.39, 0.29) is 11.4 Å². The van der Waals surface area contributed by atoms with Gasteiger partial charge in [-0.1, -0.05) is 12.1 Å². The maximum Gasteiger partial charge on any atom is 0.337 e. The first-order valence-electron chi connectivity index (χ1n) is 10.7. The number of benzene rings is 2. The first kappa shape index (κ1) is 23.0. The Morgan fingerprint density at radius 3 is 2.53 bits per heavy atom. The highest BCUT2D eigenvalue weighted by Gasteiger charge is 2.21. The number of carbonyl (C=O) groups is 2. The number of nitrogens with zero attached hydrogens (tertiary/aromatic N) is 3. The fraction of sp³-hybridized carbons (Fsp3) is 0.250. The quantitative estimate of drug-likeness (QED) is 0.334. The van der Waals surface area contributed by atoms with E-state index < -0.39 is 16.8 Å². The second kappa shape index (κ2) is 9.75. The fourth-order valence-electron chi connectivity index (χ4n) is 3.78. The highest BCUT2D eigenvalue weighted by atomic mass is 16.6. The Balaban J connectivity index is 1.60. The second-order valence-electron chi connectivity index (χ2n) is 7.94. The molecule has 0 bridgehead atoms. The molecule has 1 saturated heterocycles. The number of nitro benzene ring substituents is 1. The third-order valence-corrected chi connectivity index (χ3v) is 5.68. The zero-order chi connectivity index (χ0) is 24.2. The van der Waals surface area contributed by atoms with Crippen molar-refractivity contribution in [2.45, 2.75) is 0 Å². The van der Waals surface area contributed by atoms with Crippen LogP contribution >= 0.6 is 0 Å². The minimum atomic E-state index is -0.508. The Bertz CT molecular complexity index is 1230. The molecule has 0 radical (unpaired) electrons. The molecule has 2 aromatic carbocycles. The van der Waals surface area contributed by atoms with Crippen molar-refractivity contribution in [1.82, 2.24) is 4.90 Å². The van der Waals surface area contributed by atoms with Crippen LogP contribution in [0, 0.1) is 10.1 Å². The van der Waals surface area contributed by atoms with Crippen molar-refractivity contribution in [1.29, 1.82) is 0 Å². The molecular weight excluding hydrogens is 440 g/mol. The molecule has 1 aromatic heterocycles. The second-order valence-corrected chi connectivity index (χ2v) is 7.94. The first-order chi connectivity index (χ1) is 16.4. The zero-order valence-electron chi connectivity index (χ0n) is 18.8. The van der Waals surface area contributed by atoms with Gasteiger partial charge in [0.15, 0.2) is 5.76 Å². The van der Waals surface area contributed by atoms with E-state index in [1.807, 2.05) is 0 Å². The van der Waals surface area contributed by atoms with Gasteiger partial charge < -0.3 is 24.3 Å². The van der Waals surface area contributed by atoms with Gasteiger partial charge in [-0.3, -0.25) is 14.9 Å².